The van der Waals surface area contributed by atoms with E-state index >= 15 is 0 Å². The number of hydrazine groups is 1. The van der Waals surface area contributed by atoms with E-state index in [0.717, 1.165) is 18.0 Å². The van der Waals surface area contributed by atoms with Crippen molar-refractivity contribution < 1.29 is 0 Å². The third-order valence-corrected chi connectivity index (χ3v) is 4.72. The van der Waals surface area contributed by atoms with Crippen LogP contribution in [0.2, 0.25) is 0 Å². The average Bonchev–Trinajstić information content (AvgIpc) is 2.42. The van der Waals surface area contributed by atoms with E-state index in [2.05, 4.69) is 38.1 Å². The molecule has 2 heterocycles. The molecule has 2 aliphatic heterocycles. The summed E-state index contributed by atoms with van der Waals surface area (Å²) < 4.78 is 0. The number of rotatable bonds is 2. The number of hydrogen-bond donors (Lipinski definition) is 2. The molecule has 0 spiro atoms. The Kier molecular flexibility index (Phi) is 3.30. The molecular weight excluding hydrogens is 198 g/mol. The summed E-state index contributed by atoms with van der Waals surface area (Å²) in [5, 5.41) is 0. The maximum absolute atomic E-state index is 5.77. The third kappa shape index (κ3) is 2.13. The molecule has 2 saturated heterocycles. The van der Waals surface area contributed by atoms with Crippen LogP contribution in [0.1, 0.15) is 46.5 Å². The molecule has 0 aromatic heterocycles. The van der Waals surface area contributed by atoms with Gasteiger partial charge in [0.15, 0.2) is 0 Å². The van der Waals surface area contributed by atoms with Crippen LogP contribution in [0.4, 0.5) is 0 Å². The summed E-state index contributed by atoms with van der Waals surface area (Å²) in [6, 6.07) is 2.06. The molecule has 16 heavy (non-hydrogen) atoms. The lowest BCUT2D eigenvalue weighted by atomic mass is 9.74. The van der Waals surface area contributed by atoms with Gasteiger partial charge in [0.25, 0.3) is 0 Å². The van der Waals surface area contributed by atoms with Gasteiger partial charge in [0, 0.05) is 18.1 Å². The minimum absolute atomic E-state index is 0.259. The average molecular weight is 225 g/mol. The zero-order valence-corrected chi connectivity index (χ0v) is 11.2. The quantitative estimate of drug-likeness (QED) is 0.555. The highest BCUT2D eigenvalue weighted by Gasteiger charge is 2.43. The summed E-state index contributed by atoms with van der Waals surface area (Å²) in [5.41, 5.74) is 3.34. The Labute approximate surface area is 99.7 Å². The highest BCUT2D eigenvalue weighted by atomic mass is 15.3. The van der Waals surface area contributed by atoms with Gasteiger partial charge in [-0.3, -0.25) is 11.3 Å². The van der Waals surface area contributed by atoms with Crippen LogP contribution in [0.15, 0.2) is 0 Å². The fourth-order valence-corrected chi connectivity index (χ4v) is 3.82. The molecule has 2 aliphatic rings. The maximum Gasteiger partial charge on any atom is 0.0288 e. The standard InChI is InChI=1S/C13H27N3/c1-13(2,3)12(15-14)9-7-10-5-6-11(8-9)16(10)4/h9-12,15H,5-8,14H2,1-4H3. The van der Waals surface area contributed by atoms with E-state index < -0.39 is 0 Å². The Morgan fingerprint density at radius 1 is 1.19 bits per heavy atom. The van der Waals surface area contributed by atoms with Gasteiger partial charge >= 0.3 is 0 Å². The highest BCUT2D eigenvalue weighted by molar-refractivity contribution is 4.98. The molecule has 3 heteroatoms. The van der Waals surface area contributed by atoms with Crippen LogP contribution in [0.5, 0.6) is 0 Å². The Bertz CT molecular complexity index is 232. The predicted molar refractivity (Wildman–Crippen MR) is 67.9 cm³/mol. The second-order valence-corrected chi connectivity index (χ2v) is 6.79. The summed E-state index contributed by atoms with van der Waals surface area (Å²) >= 11 is 0. The van der Waals surface area contributed by atoms with E-state index in [9.17, 15) is 0 Å². The number of piperidine rings is 1. The van der Waals surface area contributed by atoms with E-state index in [1.807, 2.05) is 0 Å². The lowest BCUT2D eigenvalue weighted by molar-refractivity contribution is 0.0777. The molecule has 0 aromatic carbocycles. The number of nitrogens with two attached hydrogens (primary N) is 1. The summed E-state index contributed by atoms with van der Waals surface area (Å²) in [5.74, 6) is 6.52. The van der Waals surface area contributed by atoms with Gasteiger partial charge in [0.2, 0.25) is 0 Å². The van der Waals surface area contributed by atoms with E-state index in [-0.39, 0.29) is 5.41 Å². The number of nitrogens with one attached hydrogen (secondary N) is 1. The van der Waals surface area contributed by atoms with Crippen LogP contribution in [-0.4, -0.2) is 30.1 Å². The predicted octanol–water partition coefficient (Wildman–Crippen LogP) is 1.74. The fourth-order valence-electron chi connectivity index (χ4n) is 3.82. The van der Waals surface area contributed by atoms with Crippen LogP contribution in [0.3, 0.4) is 0 Å². The molecule has 0 saturated carbocycles. The molecule has 0 aromatic rings. The molecule has 0 amide bonds. The normalized spacial score (nSPS) is 37.7. The van der Waals surface area contributed by atoms with Crippen LogP contribution >= 0.6 is 0 Å². The van der Waals surface area contributed by atoms with E-state index in [0.29, 0.717) is 6.04 Å². The Morgan fingerprint density at radius 3 is 2.06 bits per heavy atom. The molecular formula is C13H27N3. The van der Waals surface area contributed by atoms with E-state index in [4.69, 9.17) is 5.84 Å². The van der Waals surface area contributed by atoms with Crippen LogP contribution in [0, 0.1) is 11.3 Å². The third-order valence-electron chi connectivity index (χ3n) is 4.72. The van der Waals surface area contributed by atoms with Gasteiger partial charge in [-0.1, -0.05) is 20.8 Å². The van der Waals surface area contributed by atoms with E-state index in [1.54, 1.807) is 0 Å². The second kappa shape index (κ2) is 4.28. The molecule has 3 atom stereocenters. The van der Waals surface area contributed by atoms with Crippen molar-refractivity contribution in [1.82, 2.24) is 10.3 Å². The van der Waals surface area contributed by atoms with Crippen molar-refractivity contribution in [3.63, 3.8) is 0 Å². The number of hydrogen-bond acceptors (Lipinski definition) is 3. The SMILES string of the molecule is CN1C2CCC1CC(C(NN)C(C)(C)C)C2. The monoisotopic (exact) mass is 225 g/mol. The minimum atomic E-state index is 0.259. The Balaban J connectivity index is 2.06. The summed E-state index contributed by atoms with van der Waals surface area (Å²) in [6.45, 7) is 6.87. The topological polar surface area (TPSA) is 41.3 Å². The zero-order valence-electron chi connectivity index (χ0n) is 11.2. The van der Waals surface area contributed by atoms with Crippen molar-refractivity contribution >= 4 is 0 Å². The lowest BCUT2D eigenvalue weighted by Crippen LogP contribution is -2.53. The first-order chi connectivity index (χ1) is 7.43. The Morgan fingerprint density at radius 2 is 1.69 bits per heavy atom. The zero-order chi connectivity index (χ0) is 11.9. The smallest absolute Gasteiger partial charge is 0.0288 e. The van der Waals surface area contributed by atoms with Gasteiger partial charge in [-0.25, -0.2) is 0 Å². The molecule has 0 radical (unpaired) electrons. The van der Waals surface area contributed by atoms with Gasteiger partial charge in [0.05, 0.1) is 0 Å². The van der Waals surface area contributed by atoms with Crippen LogP contribution in [0.25, 0.3) is 0 Å². The van der Waals surface area contributed by atoms with Crippen molar-refractivity contribution in [2.24, 2.45) is 17.2 Å². The first-order valence-electron chi connectivity index (χ1n) is 6.61. The first kappa shape index (κ1) is 12.3. The Hall–Kier alpha value is -0.120. The molecule has 2 bridgehead atoms. The molecule has 2 rings (SSSR count). The van der Waals surface area contributed by atoms with Crippen molar-refractivity contribution in [3.8, 4) is 0 Å². The van der Waals surface area contributed by atoms with Crippen molar-refractivity contribution in [3.05, 3.63) is 0 Å². The lowest BCUT2D eigenvalue weighted by Gasteiger charge is -2.44. The second-order valence-electron chi connectivity index (χ2n) is 6.79. The number of nitrogens with zero attached hydrogens (tertiary/aromatic N) is 1. The maximum atomic E-state index is 5.77. The van der Waals surface area contributed by atoms with Crippen LogP contribution in [-0.2, 0) is 0 Å². The first-order valence-corrected chi connectivity index (χ1v) is 6.61. The van der Waals surface area contributed by atoms with Crippen molar-refractivity contribution in [2.45, 2.75) is 64.6 Å². The van der Waals surface area contributed by atoms with Gasteiger partial charge in [-0.05, 0) is 44.1 Å². The number of fused-ring (bicyclic) bond motifs is 2. The largest absolute Gasteiger partial charge is 0.300 e. The van der Waals surface area contributed by atoms with Crippen LogP contribution < -0.4 is 11.3 Å². The highest BCUT2D eigenvalue weighted by Crippen LogP contribution is 2.41. The van der Waals surface area contributed by atoms with Crippen molar-refractivity contribution in [1.29, 1.82) is 0 Å². The van der Waals surface area contributed by atoms with Gasteiger partial charge in [-0.15, -0.1) is 0 Å². The molecule has 94 valence electrons. The molecule has 3 nitrogen and oxygen atoms in total. The molecule has 3 unspecified atom stereocenters. The minimum Gasteiger partial charge on any atom is -0.300 e. The van der Waals surface area contributed by atoms with Gasteiger partial charge in [0.1, 0.15) is 0 Å². The molecule has 2 fully saturated rings. The summed E-state index contributed by atoms with van der Waals surface area (Å²) in [4.78, 5) is 2.59. The van der Waals surface area contributed by atoms with Crippen molar-refractivity contribution in [2.75, 3.05) is 7.05 Å². The molecule has 3 N–H and O–H groups in total. The summed E-state index contributed by atoms with van der Waals surface area (Å²) in [7, 11) is 2.29. The van der Waals surface area contributed by atoms with E-state index in [1.165, 1.54) is 25.7 Å². The molecule has 0 aliphatic carbocycles. The summed E-state index contributed by atoms with van der Waals surface area (Å²) in [6.07, 6.45) is 5.41. The fraction of sp³-hybridized carbons (Fsp3) is 1.00. The van der Waals surface area contributed by atoms with Gasteiger partial charge in [-0.2, -0.15) is 0 Å². The van der Waals surface area contributed by atoms with Gasteiger partial charge < -0.3 is 4.90 Å².